The number of anilines is 1. The highest BCUT2D eigenvalue weighted by molar-refractivity contribution is 9.10. The number of ether oxygens (including phenoxy) is 1. The van der Waals surface area contributed by atoms with E-state index in [-0.39, 0.29) is 28.9 Å². The minimum atomic E-state index is -0.603. The van der Waals surface area contributed by atoms with Gasteiger partial charge in [-0.2, -0.15) is 0 Å². The molecule has 0 spiro atoms. The van der Waals surface area contributed by atoms with Crippen molar-refractivity contribution in [1.82, 2.24) is 0 Å². The molecule has 0 radical (unpaired) electrons. The van der Waals surface area contributed by atoms with Crippen LogP contribution in [0.2, 0.25) is 5.02 Å². The van der Waals surface area contributed by atoms with E-state index in [1.165, 1.54) is 18.2 Å². The minimum absolute atomic E-state index is 0.0103. The Morgan fingerprint density at radius 2 is 2.04 bits per heavy atom. The first-order chi connectivity index (χ1) is 12.2. The molecule has 0 unspecified atom stereocenters. The molecule has 8 heteroatoms. The fourth-order valence-corrected chi connectivity index (χ4v) is 2.86. The van der Waals surface area contributed by atoms with Gasteiger partial charge in [0.05, 0.1) is 4.92 Å². The molecule has 1 amide bonds. The van der Waals surface area contributed by atoms with Crippen molar-refractivity contribution in [3.05, 3.63) is 61.1 Å². The molecule has 0 bridgehead atoms. The maximum atomic E-state index is 12.1. The van der Waals surface area contributed by atoms with Crippen molar-refractivity contribution in [3.8, 4) is 5.75 Å². The fourth-order valence-electron chi connectivity index (χ4n) is 2.32. The zero-order chi connectivity index (χ0) is 19.4. The number of hydrogen-bond acceptors (Lipinski definition) is 4. The number of hydrogen-bond donors (Lipinski definition) is 1. The molecule has 2 aromatic rings. The maximum Gasteiger partial charge on any atom is 0.289 e. The Labute approximate surface area is 164 Å². The van der Waals surface area contributed by atoms with Gasteiger partial charge in [0.15, 0.2) is 6.61 Å². The first-order valence-corrected chi connectivity index (χ1v) is 9.02. The van der Waals surface area contributed by atoms with Crippen LogP contribution < -0.4 is 10.1 Å². The van der Waals surface area contributed by atoms with E-state index in [0.29, 0.717) is 5.75 Å². The van der Waals surface area contributed by atoms with Crippen LogP contribution in [0.25, 0.3) is 0 Å². The van der Waals surface area contributed by atoms with Crippen LogP contribution in [0.1, 0.15) is 30.9 Å². The van der Waals surface area contributed by atoms with Gasteiger partial charge in [-0.15, -0.1) is 0 Å². The summed E-state index contributed by atoms with van der Waals surface area (Å²) in [6.45, 7) is 5.80. The number of benzene rings is 2. The number of carbonyl (C=O) groups is 1. The van der Waals surface area contributed by atoms with E-state index >= 15 is 0 Å². The second-order valence-electron chi connectivity index (χ2n) is 6.05. The standard InChI is InChI=1S/C18H18BrClN2O4/c1-10(2)13-8-14(19)11(3)6-17(13)26-9-18(23)21-12-4-5-15(20)16(7-12)22(24)25/h4-8,10H,9H2,1-3H3,(H,21,23). The molecule has 0 saturated carbocycles. The van der Waals surface area contributed by atoms with Crippen molar-refractivity contribution < 1.29 is 14.5 Å². The zero-order valence-electron chi connectivity index (χ0n) is 14.5. The second kappa shape index (κ2) is 8.51. The quantitative estimate of drug-likeness (QED) is 0.477. The van der Waals surface area contributed by atoms with Crippen LogP contribution in [0, 0.1) is 17.0 Å². The largest absolute Gasteiger partial charge is 0.483 e. The highest BCUT2D eigenvalue weighted by Gasteiger charge is 2.15. The maximum absolute atomic E-state index is 12.1. The topological polar surface area (TPSA) is 81.5 Å². The SMILES string of the molecule is Cc1cc(OCC(=O)Nc2ccc(Cl)c([N+](=O)[O-])c2)c(C(C)C)cc1Br. The molecular weight excluding hydrogens is 424 g/mol. The van der Waals surface area contributed by atoms with E-state index in [2.05, 4.69) is 21.2 Å². The van der Waals surface area contributed by atoms with Gasteiger partial charge in [0.1, 0.15) is 10.8 Å². The van der Waals surface area contributed by atoms with Crippen molar-refractivity contribution in [2.45, 2.75) is 26.7 Å². The highest BCUT2D eigenvalue weighted by atomic mass is 79.9. The molecule has 0 aliphatic carbocycles. The molecule has 0 aliphatic rings. The van der Waals surface area contributed by atoms with Gasteiger partial charge in [-0.1, -0.05) is 41.4 Å². The van der Waals surface area contributed by atoms with Gasteiger partial charge < -0.3 is 10.1 Å². The second-order valence-corrected chi connectivity index (χ2v) is 7.32. The van der Waals surface area contributed by atoms with Gasteiger partial charge in [-0.3, -0.25) is 14.9 Å². The average Bonchev–Trinajstić information content (AvgIpc) is 2.56. The van der Waals surface area contributed by atoms with Crippen LogP contribution in [0.15, 0.2) is 34.8 Å². The predicted molar refractivity (Wildman–Crippen MR) is 105 cm³/mol. The summed E-state index contributed by atoms with van der Waals surface area (Å²) in [6, 6.07) is 7.93. The van der Waals surface area contributed by atoms with Crippen molar-refractivity contribution in [2.24, 2.45) is 0 Å². The molecule has 26 heavy (non-hydrogen) atoms. The van der Waals surface area contributed by atoms with Crippen LogP contribution in [-0.2, 0) is 4.79 Å². The number of carbonyl (C=O) groups excluding carboxylic acids is 1. The van der Waals surface area contributed by atoms with E-state index in [1.807, 2.05) is 32.9 Å². The Morgan fingerprint density at radius 3 is 2.65 bits per heavy atom. The van der Waals surface area contributed by atoms with Gasteiger partial charge in [0.25, 0.3) is 11.6 Å². The number of nitrogens with one attached hydrogen (secondary N) is 1. The van der Waals surface area contributed by atoms with Crippen LogP contribution in [0.4, 0.5) is 11.4 Å². The Bertz CT molecular complexity index is 855. The molecule has 6 nitrogen and oxygen atoms in total. The third kappa shape index (κ3) is 4.95. The Kier molecular flexibility index (Phi) is 6.61. The first kappa shape index (κ1) is 20.2. The number of amides is 1. The summed E-state index contributed by atoms with van der Waals surface area (Å²) in [7, 11) is 0. The van der Waals surface area contributed by atoms with Gasteiger partial charge in [0, 0.05) is 16.2 Å². The number of nitrogens with zero attached hydrogens (tertiary/aromatic N) is 1. The van der Waals surface area contributed by atoms with Crippen LogP contribution in [-0.4, -0.2) is 17.4 Å². The Morgan fingerprint density at radius 1 is 1.35 bits per heavy atom. The van der Waals surface area contributed by atoms with Crippen molar-refractivity contribution in [1.29, 1.82) is 0 Å². The van der Waals surface area contributed by atoms with E-state index in [9.17, 15) is 14.9 Å². The molecule has 0 saturated heterocycles. The van der Waals surface area contributed by atoms with Gasteiger partial charge in [0.2, 0.25) is 0 Å². The number of aryl methyl sites for hydroxylation is 1. The molecule has 0 heterocycles. The zero-order valence-corrected chi connectivity index (χ0v) is 16.8. The summed E-state index contributed by atoms with van der Waals surface area (Å²) in [5.74, 6) is 0.443. The number of rotatable bonds is 6. The summed E-state index contributed by atoms with van der Waals surface area (Å²) < 4.78 is 6.66. The fraction of sp³-hybridized carbons (Fsp3) is 0.278. The van der Waals surface area contributed by atoms with Crippen molar-refractivity contribution in [3.63, 3.8) is 0 Å². The third-order valence-corrected chi connectivity index (χ3v) is 4.87. The lowest BCUT2D eigenvalue weighted by Gasteiger charge is -2.16. The third-order valence-electron chi connectivity index (χ3n) is 3.70. The van der Waals surface area contributed by atoms with Gasteiger partial charge in [-0.25, -0.2) is 0 Å². The highest BCUT2D eigenvalue weighted by Crippen LogP contribution is 2.32. The van der Waals surface area contributed by atoms with Crippen molar-refractivity contribution in [2.75, 3.05) is 11.9 Å². The summed E-state index contributed by atoms with van der Waals surface area (Å²) in [5.41, 5.74) is 2.00. The van der Waals surface area contributed by atoms with E-state index in [1.54, 1.807) is 0 Å². The van der Waals surface area contributed by atoms with E-state index in [4.69, 9.17) is 16.3 Å². The minimum Gasteiger partial charge on any atom is -0.483 e. The Balaban J connectivity index is 2.09. The van der Waals surface area contributed by atoms with E-state index in [0.717, 1.165) is 15.6 Å². The number of nitro groups is 1. The molecular formula is C18H18BrClN2O4. The molecule has 0 aliphatic heterocycles. The predicted octanol–water partition coefficient (Wildman–Crippen LogP) is 5.46. The lowest BCUT2D eigenvalue weighted by atomic mass is 10.0. The summed E-state index contributed by atoms with van der Waals surface area (Å²) in [5, 5.41) is 13.5. The number of halogens is 2. The van der Waals surface area contributed by atoms with Crippen LogP contribution >= 0.6 is 27.5 Å². The van der Waals surface area contributed by atoms with Gasteiger partial charge in [-0.05, 0) is 48.2 Å². The molecule has 0 fully saturated rings. The first-order valence-electron chi connectivity index (χ1n) is 7.85. The summed E-state index contributed by atoms with van der Waals surface area (Å²) in [6.07, 6.45) is 0. The normalized spacial score (nSPS) is 10.7. The molecule has 1 N–H and O–H groups in total. The van der Waals surface area contributed by atoms with Gasteiger partial charge >= 0.3 is 0 Å². The van der Waals surface area contributed by atoms with E-state index < -0.39 is 10.8 Å². The molecule has 2 aromatic carbocycles. The van der Waals surface area contributed by atoms with Crippen molar-refractivity contribution >= 4 is 44.8 Å². The summed E-state index contributed by atoms with van der Waals surface area (Å²) >= 11 is 9.26. The number of nitro benzene ring substituents is 1. The monoisotopic (exact) mass is 440 g/mol. The smallest absolute Gasteiger partial charge is 0.289 e. The molecule has 2 rings (SSSR count). The molecule has 0 atom stereocenters. The van der Waals surface area contributed by atoms with Crippen LogP contribution in [0.3, 0.4) is 0 Å². The molecule has 138 valence electrons. The average molecular weight is 442 g/mol. The van der Waals surface area contributed by atoms with Crippen LogP contribution in [0.5, 0.6) is 5.75 Å². The Hall–Kier alpha value is -2.12. The lowest BCUT2D eigenvalue weighted by molar-refractivity contribution is -0.384. The summed E-state index contributed by atoms with van der Waals surface area (Å²) in [4.78, 5) is 22.4. The molecule has 0 aromatic heterocycles. The lowest BCUT2D eigenvalue weighted by Crippen LogP contribution is -2.20.